The first kappa shape index (κ1) is 16.9. The van der Waals surface area contributed by atoms with Gasteiger partial charge in [-0.3, -0.25) is 9.36 Å². The highest BCUT2D eigenvalue weighted by Crippen LogP contribution is 2.23. The minimum Gasteiger partial charge on any atom is -0.507 e. The molecule has 0 aliphatic rings. The van der Waals surface area contributed by atoms with Crippen LogP contribution in [0.2, 0.25) is 0 Å². The van der Waals surface area contributed by atoms with Crippen LogP contribution in [0.25, 0.3) is 5.13 Å². The van der Waals surface area contributed by atoms with Crippen LogP contribution in [0.3, 0.4) is 0 Å². The largest absolute Gasteiger partial charge is 0.507 e. The first-order valence-corrected chi connectivity index (χ1v) is 8.44. The zero-order valence-electron chi connectivity index (χ0n) is 13.7. The predicted molar refractivity (Wildman–Crippen MR) is 93.6 cm³/mol. The van der Waals surface area contributed by atoms with E-state index in [4.69, 9.17) is 4.74 Å². The maximum atomic E-state index is 12.5. The Labute approximate surface area is 148 Å². The number of nitrogens with zero attached hydrogens (tertiary/aromatic N) is 2. The van der Waals surface area contributed by atoms with Crippen molar-refractivity contribution in [3.8, 4) is 10.9 Å². The number of carbonyl (C=O) groups excluding carboxylic acids is 2. The number of Topliss-reactive ketones (excluding diaryl/α,β-unsaturated/α-hetero) is 1. The van der Waals surface area contributed by atoms with Crippen LogP contribution in [0.15, 0.2) is 41.9 Å². The Morgan fingerprint density at radius 2 is 2.00 bits per heavy atom. The summed E-state index contributed by atoms with van der Waals surface area (Å²) in [7, 11) is 0. The van der Waals surface area contributed by atoms with E-state index in [-0.39, 0.29) is 17.1 Å². The highest BCUT2D eigenvalue weighted by atomic mass is 32.1. The average molecular weight is 356 g/mol. The monoisotopic (exact) mass is 356 g/mol. The molecule has 1 aromatic carbocycles. The van der Waals surface area contributed by atoms with Gasteiger partial charge in [0.05, 0.1) is 0 Å². The molecule has 0 fully saturated rings. The highest BCUT2D eigenvalue weighted by molar-refractivity contribution is 7.12. The second-order valence-corrected chi connectivity index (χ2v) is 6.32. The lowest BCUT2D eigenvalue weighted by Gasteiger charge is -2.07. The van der Waals surface area contributed by atoms with Gasteiger partial charge in [-0.15, -0.1) is 11.3 Å². The zero-order valence-corrected chi connectivity index (χ0v) is 14.5. The number of esters is 1. The number of carbonyl (C=O) groups is 2. The van der Waals surface area contributed by atoms with Gasteiger partial charge in [0.1, 0.15) is 11.3 Å². The fourth-order valence-corrected chi connectivity index (χ4v) is 3.35. The first-order valence-electron chi connectivity index (χ1n) is 7.56. The Morgan fingerprint density at radius 1 is 1.24 bits per heavy atom. The van der Waals surface area contributed by atoms with Crippen molar-refractivity contribution < 1.29 is 19.4 Å². The lowest BCUT2D eigenvalue weighted by molar-refractivity contribution is 0.0471. The third-order valence-electron chi connectivity index (χ3n) is 3.80. The molecule has 2 heterocycles. The van der Waals surface area contributed by atoms with Gasteiger partial charge in [-0.25, -0.2) is 9.78 Å². The lowest BCUT2D eigenvalue weighted by Crippen LogP contribution is -2.15. The third kappa shape index (κ3) is 3.32. The molecule has 0 saturated carbocycles. The molecule has 0 aliphatic heterocycles. The number of ketones is 1. The predicted octanol–water partition coefficient (Wildman–Crippen LogP) is 3.30. The second kappa shape index (κ2) is 6.90. The number of benzene rings is 1. The molecule has 25 heavy (non-hydrogen) atoms. The minimum absolute atomic E-state index is 0.0311. The summed E-state index contributed by atoms with van der Waals surface area (Å²) >= 11 is 1.47. The van der Waals surface area contributed by atoms with E-state index in [1.807, 2.05) is 23.8 Å². The number of rotatable bonds is 5. The highest BCUT2D eigenvalue weighted by Gasteiger charge is 2.20. The molecular formula is C18H16N2O4S. The number of aromatic hydroxyl groups is 1. The van der Waals surface area contributed by atoms with Gasteiger partial charge in [0.25, 0.3) is 0 Å². The molecule has 0 bridgehead atoms. The molecule has 128 valence electrons. The van der Waals surface area contributed by atoms with Gasteiger partial charge in [0.15, 0.2) is 11.7 Å². The van der Waals surface area contributed by atoms with Crippen LogP contribution >= 0.6 is 11.3 Å². The van der Waals surface area contributed by atoms with Gasteiger partial charge in [-0.1, -0.05) is 12.1 Å². The van der Waals surface area contributed by atoms with E-state index < -0.39 is 12.6 Å². The van der Waals surface area contributed by atoms with Gasteiger partial charge in [-0.2, -0.15) is 0 Å². The Bertz CT molecular complexity index is 929. The molecule has 3 aromatic rings. The molecule has 6 nitrogen and oxygen atoms in total. The molecular weight excluding hydrogens is 340 g/mol. The minimum atomic E-state index is -0.736. The van der Waals surface area contributed by atoms with Crippen molar-refractivity contribution in [2.75, 3.05) is 6.61 Å². The van der Waals surface area contributed by atoms with E-state index in [2.05, 4.69) is 4.98 Å². The lowest BCUT2D eigenvalue weighted by atomic mass is 10.1. The molecule has 2 aromatic heterocycles. The summed E-state index contributed by atoms with van der Waals surface area (Å²) in [4.78, 5) is 28.7. The van der Waals surface area contributed by atoms with Gasteiger partial charge in [0.2, 0.25) is 5.78 Å². The smallest absolute Gasteiger partial charge is 0.342 e. The van der Waals surface area contributed by atoms with Crippen molar-refractivity contribution in [3.63, 3.8) is 0 Å². The number of aryl methyl sites for hydroxylation is 1. The Kier molecular flexibility index (Phi) is 4.67. The Balaban J connectivity index is 1.75. The van der Waals surface area contributed by atoms with Crippen LogP contribution in [-0.2, 0) is 4.74 Å². The summed E-state index contributed by atoms with van der Waals surface area (Å²) in [5, 5.41) is 12.3. The van der Waals surface area contributed by atoms with Crippen molar-refractivity contribution in [1.29, 1.82) is 0 Å². The van der Waals surface area contributed by atoms with Crippen molar-refractivity contribution >= 4 is 23.1 Å². The Morgan fingerprint density at radius 3 is 2.68 bits per heavy atom. The Hall–Kier alpha value is -2.93. The van der Waals surface area contributed by atoms with E-state index in [1.165, 1.54) is 23.5 Å². The van der Waals surface area contributed by atoms with Gasteiger partial charge >= 0.3 is 5.97 Å². The summed E-state index contributed by atoms with van der Waals surface area (Å²) in [6.07, 6.45) is 1.70. The number of ether oxygens (including phenoxy) is 1. The summed E-state index contributed by atoms with van der Waals surface area (Å²) < 4.78 is 6.94. The molecule has 0 radical (unpaired) electrons. The van der Waals surface area contributed by atoms with Crippen LogP contribution in [0, 0.1) is 13.8 Å². The van der Waals surface area contributed by atoms with Crippen LogP contribution in [0.4, 0.5) is 0 Å². The summed E-state index contributed by atoms with van der Waals surface area (Å²) in [5.74, 6) is -1.22. The summed E-state index contributed by atoms with van der Waals surface area (Å²) in [5.41, 5.74) is 2.14. The van der Waals surface area contributed by atoms with E-state index in [1.54, 1.807) is 24.4 Å². The maximum absolute atomic E-state index is 12.5. The SMILES string of the molecule is Cc1cc(C(=O)COC(=O)c2ccccc2O)c(C)n1-c1nccs1. The normalized spacial score (nSPS) is 10.6. The number of hydrogen-bond donors (Lipinski definition) is 1. The average Bonchev–Trinajstić information content (AvgIpc) is 3.20. The fraction of sp³-hybridized carbons (Fsp3) is 0.167. The number of thiazole rings is 1. The maximum Gasteiger partial charge on any atom is 0.342 e. The summed E-state index contributed by atoms with van der Waals surface area (Å²) in [6, 6.07) is 7.80. The molecule has 0 saturated heterocycles. The van der Waals surface area contributed by atoms with Crippen LogP contribution in [-0.4, -0.2) is 33.0 Å². The van der Waals surface area contributed by atoms with Gasteiger partial charge in [-0.05, 0) is 32.0 Å². The first-order chi connectivity index (χ1) is 12.0. The van der Waals surface area contributed by atoms with E-state index in [9.17, 15) is 14.7 Å². The molecule has 7 heteroatoms. The van der Waals surface area contributed by atoms with Crippen molar-refractivity contribution in [2.24, 2.45) is 0 Å². The van der Waals surface area contributed by atoms with Gasteiger partial charge < -0.3 is 9.84 Å². The van der Waals surface area contributed by atoms with E-state index in [0.29, 0.717) is 5.56 Å². The molecule has 0 amide bonds. The standard InChI is InChI=1S/C18H16N2O4S/c1-11-9-14(12(2)20(11)18-19-7-8-25-18)16(22)10-24-17(23)13-5-3-4-6-15(13)21/h3-9,21H,10H2,1-2H3. The molecule has 0 unspecified atom stereocenters. The number of aromatic nitrogens is 2. The van der Waals surface area contributed by atoms with E-state index in [0.717, 1.165) is 16.5 Å². The molecule has 0 spiro atoms. The topological polar surface area (TPSA) is 81.4 Å². The van der Waals surface area contributed by atoms with Crippen molar-refractivity contribution in [2.45, 2.75) is 13.8 Å². The van der Waals surface area contributed by atoms with Crippen molar-refractivity contribution in [1.82, 2.24) is 9.55 Å². The number of para-hydroxylation sites is 1. The van der Waals surface area contributed by atoms with Crippen LogP contribution in [0.1, 0.15) is 32.1 Å². The fourth-order valence-electron chi connectivity index (χ4n) is 2.60. The molecule has 0 aliphatic carbocycles. The quantitative estimate of drug-likeness (QED) is 0.560. The number of phenols is 1. The van der Waals surface area contributed by atoms with Gasteiger partial charge in [0, 0.05) is 28.5 Å². The number of phenolic OH excluding ortho intramolecular Hbond substituents is 1. The molecule has 1 N–H and O–H groups in total. The third-order valence-corrected chi connectivity index (χ3v) is 4.56. The van der Waals surface area contributed by atoms with Crippen molar-refractivity contribution in [3.05, 3.63) is 64.4 Å². The van der Waals surface area contributed by atoms with Crippen LogP contribution in [0.5, 0.6) is 5.75 Å². The van der Waals surface area contributed by atoms with E-state index >= 15 is 0 Å². The zero-order chi connectivity index (χ0) is 18.0. The molecule has 0 atom stereocenters. The number of hydrogen-bond acceptors (Lipinski definition) is 6. The molecule has 3 rings (SSSR count). The van der Waals surface area contributed by atoms with Crippen LogP contribution < -0.4 is 0 Å². The summed E-state index contributed by atoms with van der Waals surface area (Å²) in [6.45, 7) is 3.32. The second-order valence-electron chi connectivity index (χ2n) is 5.45.